The summed E-state index contributed by atoms with van der Waals surface area (Å²) in [4.78, 5) is 13.8. The van der Waals surface area contributed by atoms with Gasteiger partial charge in [0, 0.05) is 13.1 Å². The molecule has 3 rings (SSSR count). The predicted octanol–water partition coefficient (Wildman–Crippen LogP) is 3.73. The lowest BCUT2D eigenvalue weighted by molar-refractivity contribution is 0.0242. The van der Waals surface area contributed by atoms with Crippen LogP contribution >= 0.6 is 0 Å². The molecule has 0 radical (unpaired) electrons. The van der Waals surface area contributed by atoms with E-state index in [0.29, 0.717) is 13.1 Å². The summed E-state index contributed by atoms with van der Waals surface area (Å²) in [6, 6.07) is 6.11. The number of carbonyl (C=O) groups excluding carboxylic acids is 1. The summed E-state index contributed by atoms with van der Waals surface area (Å²) in [6.07, 6.45) is 2.33. The molecule has 1 heterocycles. The summed E-state index contributed by atoms with van der Waals surface area (Å²) >= 11 is 0. The van der Waals surface area contributed by atoms with Gasteiger partial charge in [-0.2, -0.15) is 0 Å². The zero-order valence-electron chi connectivity index (χ0n) is 13.0. The van der Waals surface area contributed by atoms with Crippen LogP contribution in [0.4, 0.5) is 4.79 Å². The number of nitrogens with zero attached hydrogens (tertiary/aromatic N) is 1. The van der Waals surface area contributed by atoms with Crippen molar-refractivity contribution in [2.75, 3.05) is 6.61 Å². The van der Waals surface area contributed by atoms with Gasteiger partial charge in [0.25, 0.3) is 0 Å². The molecule has 1 amide bonds. The van der Waals surface area contributed by atoms with Crippen LogP contribution in [0.2, 0.25) is 0 Å². The van der Waals surface area contributed by atoms with Gasteiger partial charge in [-0.25, -0.2) is 4.79 Å². The topological polar surface area (TPSA) is 38.8 Å². The molecule has 1 saturated carbocycles. The largest absolute Gasteiger partial charge is 0.493 e. The van der Waals surface area contributed by atoms with Crippen LogP contribution in [0, 0.1) is 5.92 Å². The van der Waals surface area contributed by atoms with Crippen molar-refractivity contribution in [2.24, 2.45) is 5.92 Å². The van der Waals surface area contributed by atoms with Gasteiger partial charge in [0.15, 0.2) is 0 Å². The van der Waals surface area contributed by atoms with Gasteiger partial charge in [-0.1, -0.05) is 6.07 Å². The van der Waals surface area contributed by atoms with Crippen LogP contribution in [0.15, 0.2) is 18.2 Å². The average Bonchev–Trinajstić information content (AvgIpc) is 3.11. The summed E-state index contributed by atoms with van der Waals surface area (Å²) in [6.45, 7) is 7.69. The third kappa shape index (κ3) is 3.69. The molecular formula is C17H23NO3. The first-order valence-corrected chi connectivity index (χ1v) is 7.63. The van der Waals surface area contributed by atoms with Crippen molar-refractivity contribution in [3.63, 3.8) is 0 Å². The number of hydrogen-bond donors (Lipinski definition) is 0. The minimum absolute atomic E-state index is 0.251. The van der Waals surface area contributed by atoms with E-state index in [-0.39, 0.29) is 6.09 Å². The van der Waals surface area contributed by atoms with Crippen LogP contribution in [-0.4, -0.2) is 23.2 Å². The minimum atomic E-state index is -0.454. The van der Waals surface area contributed by atoms with Crippen LogP contribution in [0.3, 0.4) is 0 Å². The van der Waals surface area contributed by atoms with E-state index in [2.05, 4.69) is 12.1 Å². The third-order valence-corrected chi connectivity index (χ3v) is 3.73. The Hall–Kier alpha value is -1.71. The van der Waals surface area contributed by atoms with Crippen LogP contribution in [0.1, 0.15) is 44.7 Å². The highest BCUT2D eigenvalue weighted by molar-refractivity contribution is 5.69. The minimum Gasteiger partial charge on any atom is -0.493 e. The van der Waals surface area contributed by atoms with E-state index in [0.717, 1.165) is 23.8 Å². The van der Waals surface area contributed by atoms with E-state index in [1.165, 1.54) is 18.4 Å². The normalized spacial score (nSPS) is 17.6. The van der Waals surface area contributed by atoms with Gasteiger partial charge in [-0.15, -0.1) is 0 Å². The molecule has 21 heavy (non-hydrogen) atoms. The van der Waals surface area contributed by atoms with E-state index in [1.54, 1.807) is 4.90 Å². The Morgan fingerprint density at radius 2 is 1.95 bits per heavy atom. The summed E-state index contributed by atoms with van der Waals surface area (Å²) in [7, 11) is 0. The maximum Gasteiger partial charge on any atom is 0.410 e. The van der Waals surface area contributed by atoms with Gasteiger partial charge in [-0.05, 0) is 62.8 Å². The Bertz CT molecular complexity index is 543. The molecule has 114 valence electrons. The van der Waals surface area contributed by atoms with E-state index >= 15 is 0 Å². The van der Waals surface area contributed by atoms with Gasteiger partial charge < -0.3 is 9.47 Å². The number of ether oxygens (including phenoxy) is 2. The average molecular weight is 289 g/mol. The molecule has 0 N–H and O–H groups in total. The Kier molecular flexibility index (Phi) is 3.56. The molecule has 0 saturated heterocycles. The first-order valence-electron chi connectivity index (χ1n) is 7.63. The Morgan fingerprint density at radius 3 is 2.62 bits per heavy atom. The zero-order chi connectivity index (χ0) is 15.0. The van der Waals surface area contributed by atoms with Crippen LogP contribution in [0.5, 0.6) is 5.75 Å². The first-order chi connectivity index (χ1) is 9.90. The SMILES string of the molecule is CC(C)(C)OC(=O)N1Cc2ccc(OCC3CC3)cc2C1. The van der Waals surface area contributed by atoms with E-state index in [9.17, 15) is 4.79 Å². The third-order valence-electron chi connectivity index (χ3n) is 3.73. The second-order valence-corrected chi connectivity index (χ2v) is 7.02. The fraction of sp³-hybridized carbons (Fsp3) is 0.588. The van der Waals surface area contributed by atoms with Crippen molar-refractivity contribution in [1.82, 2.24) is 4.90 Å². The molecule has 4 heteroatoms. The van der Waals surface area contributed by atoms with Crippen LogP contribution in [-0.2, 0) is 17.8 Å². The molecule has 0 bridgehead atoms. The first kappa shape index (κ1) is 14.2. The molecule has 1 aliphatic heterocycles. The van der Waals surface area contributed by atoms with Crippen LogP contribution < -0.4 is 4.74 Å². The zero-order valence-corrected chi connectivity index (χ0v) is 13.0. The number of hydrogen-bond acceptors (Lipinski definition) is 3. The fourth-order valence-corrected chi connectivity index (χ4v) is 2.41. The van der Waals surface area contributed by atoms with Gasteiger partial charge in [0.05, 0.1) is 6.61 Å². The molecule has 0 aromatic heterocycles. The predicted molar refractivity (Wildman–Crippen MR) is 80.1 cm³/mol. The highest BCUT2D eigenvalue weighted by Gasteiger charge is 2.28. The number of carbonyl (C=O) groups is 1. The lowest BCUT2D eigenvalue weighted by Gasteiger charge is -2.24. The summed E-state index contributed by atoms with van der Waals surface area (Å²) in [5.41, 5.74) is 1.89. The molecular weight excluding hydrogens is 266 g/mol. The standard InChI is InChI=1S/C17H23NO3/c1-17(2,3)21-16(19)18-9-13-6-7-15(8-14(13)10-18)20-11-12-4-5-12/h6-8,12H,4-5,9-11H2,1-3H3. The highest BCUT2D eigenvalue weighted by Crippen LogP contribution is 2.31. The van der Waals surface area contributed by atoms with Crippen molar-refractivity contribution in [1.29, 1.82) is 0 Å². The molecule has 2 aliphatic rings. The molecule has 0 atom stereocenters. The Balaban J connectivity index is 1.62. The summed E-state index contributed by atoms with van der Waals surface area (Å²) in [5.74, 6) is 1.66. The molecule has 1 aliphatic carbocycles. The maximum absolute atomic E-state index is 12.1. The fourth-order valence-electron chi connectivity index (χ4n) is 2.41. The molecule has 1 aromatic carbocycles. The molecule has 0 unspecified atom stereocenters. The van der Waals surface area contributed by atoms with Gasteiger partial charge in [-0.3, -0.25) is 4.90 Å². The van der Waals surface area contributed by atoms with E-state index in [4.69, 9.17) is 9.47 Å². The Morgan fingerprint density at radius 1 is 1.24 bits per heavy atom. The summed E-state index contributed by atoms with van der Waals surface area (Å²) < 4.78 is 11.2. The quantitative estimate of drug-likeness (QED) is 0.851. The smallest absolute Gasteiger partial charge is 0.410 e. The van der Waals surface area contributed by atoms with Crippen molar-refractivity contribution in [3.05, 3.63) is 29.3 Å². The van der Waals surface area contributed by atoms with E-state index < -0.39 is 5.60 Å². The van der Waals surface area contributed by atoms with Crippen molar-refractivity contribution in [2.45, 2.75) is 52.3 Å². The van der Waals surface area contributed by atoms with Crippen molar-refractivity contribution in [3.8, 4) is 5.75 Å². The summed E-state index contributed by atoms with van der Waals surface area (Å²) in [5, 5.41) is 0. The maximum atomic E-state index is 12.1. The van der Waals surface area contributed by atoms with Crippen molar-refractivity contribution >= 4 is 6.09 Å². The number of fused-ring (bicyclic) bond motifs is 1. The monoisotopic (exact) mass is 289 g/mol. The van der Waals surface area contributed by atoms with Gasteiger partial charge in [0.1, 0.15) is 11.4 Å². The van der Waals surface area contributed by atoms with Gasteiger partial charge in [0.2, 0.25) is 0 Å². The van der Waals surface area contributed by atoms with Crippen LogP contribution in [0.25, 0.3) is 0 Å². The second-order valence-electron chi connectivity index (χ2n) is 7.02. The number of rotatable bonds is 3. The Labute approximate surface area is 126 Å². The molecule has 0 spiro atoms. The highest BCUT2D eigenvalue weighted by atomic mass is 16.6. The molecule has 1 fully saturated rings. The van der Waals surface area contributed by atoms with Crippen molar-refractivity contribution < 1.29 is 14.3 Å². The van der Waals surface area contributed by atoms with E-state index in [1.807, 2.05) is 26.8 Å². The molecule has 1 aromatic rings. The number of amides is 1. The molecule has 4 nitrogen and oxygen atoms in total. The number of benzene rings is 1. The van der Waals surface area contributed by atoms with Gasteiger partial charge >= 0.3 is 6.09 Å². The second kappa shape index (κ2) is 5.24. The lowest BCUT2D eigenvalue weighted by atomic mass is 10.1. The lowest BCUT2D eigenvalue weighted by Crippen LogP contribution is -2.33.